The summed E-state index contributed by atoms with van der Waals surface area (Å²) < 4.78 is 41.1. The van der Waals surface area contributed by atoms with Crippen LogP contribution in [-0.2, 0) is 11.0 Å². The zero-order valence-electron chi connectivity index (χ0n) is 15.7. The number of amides is 1. The van der Waals surface area contributed by atoms with Gasteiger partial charge in [-0.25, -0.2) is 9.97 Å². The Morgan fingerprint density at radius 2 is 1.83 bits per heavy atom. The molecular weight excluding hydrogens is 395 g/mol. The first-order valence-electron chi connectivity index (χ1n) is 8.90. The fourth-order valence-corrected chi connectivity index (χ4v) is 3.17. The first kappa shape index (κ1) is 19.4. The summed E-state index contributed by atoms with van der Waals surface area (Å²) in [6.07, 6.45) is 0.325. The average Bonchev–Trinajstić information content (AvgIpc) is 3.12. The molecule has 0 bridgehead atoms. The summed E-state index contributed by atoms with van der Waals surface area (Å²) in [5, 5.41) is 2.72. The SMILES string of the molecule is CC(=O)Nc1cc(-c2ccc(N)nc2)cn2c(-c3cccc(C(F)(F)F)c3)cnc12. The average molecular weight is 411 g/mol. The van der Waals surface area contributed by atoms with Gasteiger partial charge in [0.2, 0.25) is 5.91 Å². The van der Waals surface area contributed by atoms with Gasteiger partial charge in [-0.15, -0.1) is 0 Å². The van der Waals surface area contributed by atoms with E-state index in [1.165, 1.54) is 19.2 Å². The molecule has 0 spiro atoms. The summed E-state index contributed by atoms with van der Waals surface area (Å²) in [6.45, 7) is 1.37. The van der Waals surface area contributed by atoms with E-state index in [0.717, 1.165) is 17.7 Å². The molecule has 0 aliphatic rings. The number of aromatic nitrogens is 3. The number of hydrogen-bond donors (Lipinski definition) is 2. The number of nitrogens with two attached hydrogens (primary N) is 1. The second kappa shape index (κ2) is 7.18. The van der Waals surface area contributed by atoms with Gasteiger partial charge >= 0.3 is 6.18 Å². The molecule has 0 aliphatic heterocycles. The van der Waals surface area contributed by atoms with Crippen molar-refractivity contribution in [1.29, 1.82) is 0 Å². The number of halogens is 3. The van der Waals surface area contributed by atoms with E-state index in [0.29, 0.717) is 34.0 Å². The Bertz CT molecular complexity index is 1250. The third kappa shape index (κ3) is 3.69. The Hall–Kier alpha value is -3.88. The third-order valence-corrected chi connectivity index (χ3v) is 4.52. The van der Waals surface area contributed by atoms with Gasteiger partial charge in [-0.1, -0.05) is 12.1 Å². The molecule has 9 heteroatoms. The Kier molecular flexibility index (Phi) is 4.65. The van der Waals surface area contributed by atoms with Crippen molar-refractivity contribution in [3.05, 3.63) is 66.6 Å². The van der Waals surface area contributed by atoms with Crippen LogP contribution in [0.1, 0.15) is 12.5 Å². The van der Waals surface area contributed by atoms with Gasteiger partial charge in [0.25, 0.3) is 0 Å². The largest absolute Gasteiger partial charge is 0.416 e. The van der Waals surface area contributed by atoms with E-state index in [9.17, 15) is 18.0 Å². The molecule has 0 fully saturated rings. The molecule has 3 aromatic heterocycles. The number of benzene rings is 1. The van der Waals surface area contributed by atoms with Crippen molar-refractivity contribution in [3.63, 3.8) is 0 Å². The molecule has 3 heterocycles. The first-order valence-corrected chi connectivity index (χ1v) is 8.90. The maximum atomic E-state index is 13.2. The smallest absolute Gasteiger partial charge is 0.384 e. The van der Waals surface area contributed by atoms with E-state index >= 15 is 0 Å². The van der Waals surface area contributed by atoms with Gasteiger partial charge in [0.1, 0.15) is 5.82 Å². The molecular formula is C21H16F3N5O. The molecule has 30 heavy (non-hydrogen) atoms. The Morgan fingerprint density at radius 1 is 1.03 bits per heavy atom. The van der Waals surface area contributed by atoms with Crippen LogP contribution in [0.25, 0.3) is 28.0 Å². The number of nitrogen functional groups attached to an aromatic ring is 1. The van der Waals surface area contributed by atoms with Crippen LogP contribution in [-0.4, -0.2) is 20.3 Å². The zero-order chi connectivity index (χ0) is 21.5. The molecule has 6 nitrogen and oxygen atoms in total. The van der Waals surface area contributed by atoms with E-state index < -0.39 is 11.7 Å². The summed E-state index contributed by atoms with van der Waals surface area (Å²) in [7, 11) is 0. The molecule has 1 amide bonds. The molecule has 4 aromatic rings. The molecule has 152 valence electrons. The predicted molar refractivity (Wildman–Crippen MR) is 108 cm³/mol. The normalized spacial score (nSPS) is 11.6. The number of nitrogens with zero attached hydrogens (tertiary/aromatic N) is 3. The Labute approximate surface area is 169 Å². The second-order valence-corrected chi connectivity index (χ2v) is 6.71. The van der Waals surface area contributed by atoms with Gasteiger partial charge in [0.15, 0.2) is 5.65 Å². The lowest BCUT2D eigenvalue weighted by atomic mass is 10.1. The fourth-order valence-electron chi connectivity index (χ4n) is 3.17. The first-order chi connectivity index (χ1) is 14.2. The van der Waals surface area contributed by atoms with Crippen molar-refractivity contribution < 1.29 is 18.0 Å². The molecule has 0 saturated heterocycles. The minimum absolute atomic E-state index is 0.298. The van der Waals surface area contributed by atoms with Crippen molar-refractivity contribution in [2.24, 2.45) is 0 Å². The molecule has 3 N–H and O–H groups in total. The predicted octanol–water partition coefficient (Wildman–Crippen LogP) is 4.62. The van der Waals surface area contributed by atoms with E-state index in [1.807, 2.05) is 0 Å². The third-order valence-electron chi connectivity index (χ3n) is 4.52. The lowest BCUT2D eigenvalue weighted by Gasteiger charge is -2.12. The van der Waals surface area contributed by atoms with Crippen molar-refractivity contribution in [2.45, 2.75) is 13.1 Å². The number of pyridine rings is 2. The lowest BCUT2D eigenvalue weighted by molar-refractivity contribution is -0.137. The molecule has 0 radical (unpaired) electrons. The highest BCUT2D eigenvalue weighted by Gasteiger charge is 2.30. The number of carbonyl (C=O) groups is 1. The van der Waals surface area contributed by atoms with Gasteiger partial charge in [0, 0.05) is 36.0 Å². The Balaban J connectivity index is 1.93. The highest BCUT2D eigenvalue weighted by molar-refractivity contribution is 5.94. The van der Waals surface area contributed by atoms with Crippen molar-refractivity contribution in [2.75, 3.05) is 11.1 Å². The lowest BCUT2D eigenvalue weighted by Crippen LogP contribution is -2.08. The van der Waals surface area contributed by atoms with Gasteiger partial charge in [-0.3, -0.25) is 9.20 Å². The highest BCUT2D eigenvalue weighted by Crippen LogP contribution is 2.34. The Morgan fingerprint density at radius 3 is 2.50 bits per heavy atom. The number of hydrogen-bond acceptors (Lipinski definition) is 4. The highest BCUT2D eigenvalue weighted by atomic mass is 19.4. The van der Waals surface area contributed by atoms with Crippen LogP contribution in [0.15, 0.2) is 61.1 Å². The van der Waals surface area contributed by atoms with Crippen molar-refractivity contribution in [3.8, 4) is 22.4 Å². The van der Waals surface area contributed by atoms with Gasteiger partial charge in [-0.05, 0) is 30.3 Å². The quantitative estimate of drug-likeness (QED) is 0.515. The van der Waals surface area contributed by atoms with Crippen LogP contribution in [0.4, 0.5) is 24.7 Å². The maximum absolute atomic E-state index is 13.2. The van der Waals surface area contributed by atoms with Crippen LogP contribution in [0.3, 0.4) is 0 Å². The van der Waals surface area contributed by atoms with Gasteiger partial charge < -0.3 is 11.1 Å². The number of nitrogens with one attached hydrogen (secondary N) is 1. The van der Waals surface area contributed by atoms with E-state index in [1.54, 1.807) is 41.1 Å². The maximum Gasteiger partial charge on any atom is 0.416 e. The van der Waals surface area contributed by atoms with Gasteiger partial charge in [-0.2, -0.15) is 13.2 Å². The number of imidazole rings is 1. The van der Waals surface area contributed by atoms with Crippen molar-refractivity contribution in [1.82, 2.24) is 14.4 Å². The van der Waals surface area contributed by atoms with Crippen LogP contribution in [0.5, 0.6) is 0 Å². The fraction of sp³-hybridized carbons (Fsp3) is 0.0952. The summed E-state index contributed by atoms with van der Waals surface area (Å²) in [4.78, 5) is 20.1. The van der Waals surface area contributed by atoms with Crippen LogP contribution in [0.2, 0.25) is 0 Å². The zero-order valence-corrected chi connectivity index (χ0v) is 15.7. The summed E-state index contributed by atoms with van der Waals surface area (Å²) in [6, 6.07) is 10.1. The second-order valence-electron chi connectivity index (χ2n) is 6.71. The van der Waals surface area contributed by atoms with Crippen LogP contribution in [0, 0.1) is 0 Å². The summed E-state index contributed by atoms with van der Waals surface area (Å²) >= 11 is 0. The molecule has 0 saturated carbocycles. The van der Waals surface area contributed by atoms with E-state index in [-0.39, 0.29) is 5.91 Å². The molecule has 0 unspecified atom stereocenters. The summed E-state index contributed by atoms with van der Waals surface area (Å²) in [5.74, 6) is 0.0577. The number of anilines is 2. The van der Waals surface area contributed by atoms with Crippen molar-refractivity contribution >= 4 is 23.1 Å². The summed E-state index contributed by atoms with van der Waals surface area (Å²) in [5.41, 5.74) is 7.93. The van der Waals surface area contributed by atoms with E-state index in [2.05, 4.69) is 15.3 Å². The standard InChI is InChI=1S/C21H16F3N5O/c1-12(30)28-17-8-15(14-5-6-19(25)26-9-14)11-29-18(10-27-20(17)29)13-3-2-4-16(7-13)21(22,23)24/h2-11H,1H3,(H2,25,26)(H,28,30). The monoisotopic (exact) mass is 411 g/mol. The van der Waals surface area contributed by atoms with Gasteiger partial charge in [0.05, 0.1) is 23.1 Å². The number of carbonyl (C=O) groups excluding carboxylic acids is 1. The number of fused-ring (bicyclic) bond motifs is 1. The minimum atomic E-state index is -4.46. The molecule has 1 aromatic carbocycles. The molecule has 0 atom stereocenters. The molecule has 0 aliphatic carbocycles. The molecule has 4 rings (SSSR count). The topological polar surface area (TPSA) is 85.3 Å². The van der Waals surface area contributed by atoms with E-state index in [4.69, 9.17) is 5.73 Å². The van der Waals surface area contributed by atoms with Crippen LogP contribution >= 0.6 is 0 Å². The number of alkyl halides is 3. The minimum Gasteiger partial charge on any atom is -0.384 e. The number of rotatable bonds is 3. The van der Waals surface area contributed by atoms with Crippen LogP contribution < -0.4 is 11.1 Å².